The summed E-state index contributed by atoms with van der Waals surface area (Å²) in [6, 6.07) is 9.74. The molecule has 2 aromatic rings. The minimum absolute atomic E-state index is 0.731. The zero-order chi connectivity index (χ0) is 11.4. The molecule has 0 aliphatic rings. The zero-order valence-electron chi connectivity index (χ0n) is 9.23. The van der Waals surface area contributed by atoms with Crippen LogP contribution in [0.15, 0.2) is 49.2 Å². The van der Waals surface area contributed by atoms with Crippen molar-refractivity contribution in [3.05, 3.63) is 60.0 Å². The van der Waals surface area contributed by atoms with Gasteiger partial charge in [0.2, 0.25) is 5.52 Å². The number of benzene rings is 1. The van der Waals surface area contributed by atoms with E-state index in [1.165, 1.54) is 0 Å². The summed E-state index contributed by atoms with van der Waals surface area (Å²) in [7, 11) is 0. The smallest absolute Gasteiger partial charge is 0.223 e. The van der Waals surface area contributed by atoms with E-state index in [4.69, 9.17) is 0 Å². The predicted octanol–water partition coefficient (Wildman–Crippen LogP) is 2.98. The summed E-state index contributed by atoms with van der Waals surface area (Å²) in [6.07, 6.45) is 6.55. The average molecular weight is 213 g/mol. The molecule has 0 fully saturated rings. The molecule has 0 radical (unpaired) electrons. The standard InChI is InChI=1S/C14H15NO/c1-2-3-4-7-12-10-13-8-5-6-9-14(13)15(16)11-12/h2,5-6,8-11H,1,3-4,7H2. The third-order valence-corrected chi connectivity index (χ3v) is 2.67. The SMILES string of the molecule is C=CCCCc1cc2ccccc2[n+]([O-])c1. The van der Waals surface area contributed by atoms with Gasteiger partial charge in [-0.3, -0.25) is 0 Å². The zero-order valence-corrected chi connectivity index (χ0v) is 9.23. The molecule has 0 unspecified atom stereocenters. The quantitative estimate of drug-likeness (QED) is 0.332. The first-order valence-corrected chi connectivity index (χ1v) is 5.53. The Morgan fingerprint density at radius 2 is 2.12 bits per heavy atom. The summed E-state index contributed by atoms with van der Waals surface area (Å²) < 4.78 is 0.957. The highest BCUT2D eigenvalue weighted by Crippen LogP contribution is 2.13. The van der Waals surface area contributed by atoms with Gasteiger partial charge in [0.1, 0.15) is 0 Å². The van der Waals surface area contributed by atoms with Crippen LogP contribution < -0.4 is 4.73 Å². The van der Waals surface area contributed by atoms with E-state index in [-0.39, 0.29) is 0 Å². The molecule has 0 N–H and O–H groups in total. The lowest BCUT2D eigenvalue weighted by atomic mass is 10.1. The molecule has 82 valence electrons. The van der Waals surface area contributed by atoms with E-state index < -0.39 is 0 Å². The lowest BCUT2D eigenvalue weighted by Gasteiger charge is -2.04. The fourth-order valence-electron chi connectivity index (χ4n) is 1.85. The van der Waals surface area contributed by atoms with Gasteiger partial charge in [0.25, 0.3) is 0 Å². The van der Waals surface area contributed by atoms with Crippen LogP contribution in [0.25, 0.3) is 10.9 Å². The molecule has 16 heavy (non-hydrogen) atoms. The van der Waals surface area contributed by atoms with E-state index in [0.29, 0.717) is 0 Å². The molecule has 2 nitrogen and oxygen atoms in total. The third-order valence-electron chi connectivity index (χ3n) is 2.67. The molecule has 0 aliphatic carbocycles. The molecule has 0 aliphatic heterocycles. The van der Waals surface area contributed by atoms with Crippen LogP contribution in [0, 0.1) is 5.21 Å². The summed E-state index contributed by atoms with van der Waals surface area (Å²) in [5, 5.41) is 12.7. The van der Waals surface area contributed by atoms with Gasteiger partial charge in [-0.2, -0.15) is 4.73 Å². The van der Waals surface area contributed by atoms with E-state index in [2.05, 4.69) is 12.6 Å². The molecule has 0 bridgehead atoms. The van der Waals surface area contributed by atoms with E-state index in [1.54, 1.807) is 6.20 Å². The van der Waals surface area contributed by atoms with Gasteiger partial charge in [0, 0.05) is 17.0 Å². The van der Waals surface area contributed by atoms with Crippen LogP contribution in [-0.4, -0.2) is 0 Å². The van der Waals surface area contributed by atoms with Crippen molar-refractivity contribution in [3.8, 4) is 0 Å². The van der Waals surface area contributed by atoms with Gasteiger partial charge in [-0.15, -0.1) is 6.58 Å². The van der Waals surface area contributed by atoms with Gasteiger partial charge in [0.15, 0.2) is 6.20 Å². The van der Waals surface area contributed by atoms with Crippen molar-refractivity contribution in [1.82, 2.24) is 0 Å². The Morgan fingerprint density at radius 1 is 1.31 bits per heavy atom. The van der Waals surface area contributed by atoms with E-state index >= 15 is 0 Å². The van der Waals surface area contributed by atoms with Crippen molar-refractivity contribution in [3.63, 3.8) is 0 Å². The number of allylic oxidation sites excluding steroid dienone is 1. The van der Waals surface area contributed by atoms with Crippen molar-refractivity contribution < 1.29 is 4.73 Å². The van der Waals surface area contributed by atoms with Crippen LogP contribution in [0.3, 0.4) is 0 Å². The molecular formula is C14H15NO. The summed E-state index contributed by atoms with van der Waals surface area (Å²) in [6.45, 7) is 3.69. The van der Waals surface area contributed by atoms with Crippen molar-refractivity contribution in [2.24, 2.45) is 0 Å². The lowest BCUT2D eigenvalue weighted by Crippen LogP contribution is -2.27. The number of fused-ring (bicyclic) bond motifs is 1. The number of aryl methyl sites for hydroxylation is 1. The van der Waals surface area contributed by atoms with Crippen LogP contribution in [-0.2, 0) is 6.42 Å². The maximum atomic E-state index is 11.7. The lowest BCUT2D eigenvalue weighted by molar-refractivity contribution is -0.577. The highest BCUT2D eigenvalue weighted by Gasteiger charge is 2.05. The summed E-state index contributed by atoms with van der Waals surface area (Å²) in [4.78, 5) is 0. The van der Waals surface area contributed by atoms with Crippen LogP contribution in [0.5, 0.6) is 0 Å². The Labute approximate surface area is 95.4 Å². The van der Waals surface area contributed by atoms with Crippen molar-refractivity contribution in [1.29, 1.82) is 0 Å². The Balaban J connectivity index is 2.30. The second-order valence-electron chi connectivity index (χ2n) is 3.91. The number of nitrogens with zero attached hydrogens (tertiary/aromatic N) is 1. The Morgan fingerprint density at radius 3 is 2.94 bits per heavy atom. The van der Waals surface area contributed by atoms with Gasteiger partial charge in [-0.05, 0) is 31.4 Å². The maximum absolute atomic E-state index is 11.7. The molecule has 0 atom stereocenters. The van der Waals surface area contributed by atoms with Gasteiger partial charge < -0.3 is 5.21 Å². The number of para-hydroxylation sites is 1. The van der Waals surface area contributed by atoms with Gasteiger partial charge in [0.05, 0.1) is 0 Å². The number of unbranched alkanes of at least 4 members (excludes halogenated alkanes) is 1. The number of aromatic nitrogens is 1. The first kappa shape index (κ1) is 10.7. The number of hydrogen-bond donors (Lipinski definition) is 0. The highest BCUT2D eigenvalue weighted by atomic mass is 16.5. The Kier molecular flexibility index (Phi) is 3.20. The molecular weight excluding hydrogens is 198 g/mol. The van der Waals surface area contributed by atoms with Crippen LogP contribution in [0.2, 0.25) is 0 Å². The van der Waals surface area contributed by atoms with Gasteiger partial charge in [-0.25, -0.2) is 0 Å². The number of rotatable bonds is 4. The molecule has 1 aromatic heterocycles. The molecule has 0 saturated heterocycles. The van der Waals surface area contributed by atoms with Gasteiger partial charge >= 0.3 is 0 Å². The van der Waals surface area contributed by atoms with E-state index in [0.717, 1.165) is 40.5 Å². The molecule has 0 spiro atoms. The van der Waals surface area contributed by atoms with Crippen LogP contribution in [0.1, 0.15) is 18.4 Å². The number of pyridine rings is 1. The predicted molar refractivity (Wildman–Crippen MR) is 66.0 cm³/mol. The average Bonchev–Trinajstić information content (AvgIpc) is 2.30. The summed E-state index contributed by atoms with van der Waals surface area (Å²) in [5.41, 5.74) is 1.82. The Bertz CT molecular complexity index is 505. The topological polar surface area (TPSA) is 26.9 Å². The highest BCUT2D eigenvalue weighted by molar-refractivity contribution is 5.75. The van der Waals surface area contributed by atoms with Crippen LogP contribution >= 0.6 is 0 Å². The molecule has 2 heteroatoms. The summed E-state index contributed by atoms with van der Waals surface area (Å²) >= 11 is 0. The van der Waals surface area contributed by atoms with Crippen molar-refractivity contribution >= 4 is 10.9 Å². The van der Waals surface area contributed by atoms with E-state index in [9.17, 15) is 5.21 Å². The van der Waals surface area contributed by atoms with Crippen molar-refractivity contribution in [2.75, 3.05) is 0 Å². The maximum Gasteiger partial charge on any atom is 0.223 e. The molecule has 0 amide bonds. The van der Waals surface area contributed by atoms with E-state index in [1.807, 2.05) is 30.3 Å². The molecule has 1 heterocycles. The number of hydrogen-bond acceptors (Lipinski definition) is 1. The normalized spacial score (nSPS) is 10.5. The first-order valence-electron chi connectivity index (χ1n) is 5.53. The third kappa shape index (κ3) is 2.22. The summed E-state index contributed by atoms with van der Waals surface area (Å²) in [5.74, 6) is 0. The monoisotopic (exact) mass is 213 g/mol. The first-order chi connectivity index (χ1) is 7.81. The Hall–Kier alpha value is -1.83. The fourth-order valence-corrected chi connectivity index (χ4v) is 1.85. The fraction of sp³-hybridized carbons (Fsp3) is 0.214. The second-order valence-corrected chi connectivity index (χ2v) is 3.91. The minimum Gasteiger partial charge on any atom is -0.618 e. The molecule has 1 aromatic carbocycles. The van der Waals surface area contributed by atoms with Crippen molar-refractivity contribution in [2.45, 2.75) is 19.3 Å². The van der Waals surface area contributed by atoms with Gasteiger partial charge in [-0.1, -0.05) is 18.2 Å². The minimum atomic E-state index is 0.731. The molecule has 0 saturated carbocycles. The van der Waals surface area contributed by atoms with Crippen LogP contribution in [0.4, 0.5) is 0 Å². The molecule has 2 rings (SSSR count). The second kappa shape index (κ2) is 4.79. The largest absolute Gasteiger partial charge is 0.618 e.